The molecule has 3 aromatic rings. The second kappa shape index (κ2) is 6.41. The lowest BCUT2D eigenvalue weighted by atomic mass is 9.87. The molecule has 24 heavy (non-hydrogen) atoms. The van der Waals surface area contributed by atoms with E-state index in [2.05, 4.69) is 25.1 Å². The van der Waals surface area contributed by atoms with Gasteiger partial charge in [0.25, 0.3) is 0 Å². The maximum atomic E-state index is 9.61. The molecule has 0 amide bonds. The molecule has 114 valence electrons. The summed E-state index contributed by atoms with van der Waals surface area (Å²) in [6.45, 7) is 2.10. The first kappa shape index (κ1) is 15.5. The fraction of sp³-hybridized carbons (Fsp3) is 0.190. The summed E-state index contributed by atoms with van der Waals surface area (Å²) in [6.07, 6.45) is 2.67. The molecule has 3 nitrogen and oxygen atoms in total. The highest BCUT2D eigenvalue weighted by Gasteiger charge is 2.19. The molecule has 0 spiro atoms. The molecule has 0 fully saturated rings. The van der Waals surface area contributed by atoms with Crippen molar-refractivity contribution in [2.45, 2.75) is 26.2 Å². The second-order valence-electron chi connectivity index (χ2n) is 5.79. The zero-order valence-corrected chi connectivity index (χ0v) is 13.4. The summed E-state index contributed by atoms with van der Waals surface area (Å²) in [7, 11) is 0. The summed E-state index contributed by atoms with van der Waals surface area (Å²) < 4.78 is 0. The van der Waals surface area contributed by atoms with Gasteiger partial charge in [-0.05, 0) is 46.7 Å². The van der Waals surface area contributed by atoms with Crippen LogP contribution in [-0.2, 0) is 6.42 Å². The van der Waals surface area contributed by atoms with Crippen molar-refractivity contribution in [1.82, 2.24) is 0 Å². The monoisotopic (exact) mass is 309 g/mol. The molecule has 0 N–H and O–H groups in total. The first-order chi connectivity index (χ1) is 11.7. The molecule has 0 aliphatic heterocycles. The summed E-state index contributed by atoms with van der Waals surface area (Å²) in [5, 5.41) is 32.5. The third kappa shape index (κ3) is 2.36. The van der Waals surface area contributed by atoms with Gasteiger partial charge in [-0.25, -0.2) is 0 Å². The molecular formula is C21H15N3. The molecule has 3 rings (SSSR count). The van der Waals surface area contributed by atoms with Crippen LogP contribution in [0.2, 0.25) is 0 Å². The SMILES string of the molecule is CCCCc1c(C#N)c(C#N)c(C#N)c2cc3ccccc3cc12. The predicted octanol–water partition coefficient (Wildman–Crippen LogP) is 4.95. The Balaban J connectivity index is 2.54. The third-order valence-corrected chi connectivity index (χ3v) is 4.40. The van der Waals surface area contributed by atoms with E-state index in [4.69, 9.17) is 0 Å². The zero-order valence-electron chi connectivity index (χ0n) is 13.4. The minimum atomic E-state index is 0.203. The average Bonchev–Trinajstić information content (AvgIpc) is 2.63. The molecule has 0 saturated carbocycles. The molecule has 3 heteroatoms. The molecule has 0 heterocycles. The van der Waals surface area contributed by atoms with Crippen molar-refractivity contribution in [3.8, 4) is 18.2 Å². The van der Waals surface area contributed by atoms with Crippen LogP contribution >= 0.6 is 0 Å². The van der Waals surface area contributed by atoms with E-state index in [-0.39, 0.29) is 5.56 Å². The molecule has 0 unspecified atom stereocenters. The van der Waals surface area contributed by atoms with Crippen molar-refractivity contribution < 1.29 is 0 Å². The molecule has 0 saturated heterocycles. The predicted molar refractivity (Wildman–Crippen MR) is 94.2 cm³/mol. The summed E-state index contributed by atoms with van der Waals surface area (Å²) >= 11 is 0. The number of fused-ring (bicyclic) bond motifs is 2. The van der Waals surface area contributed by atoms with E-state index >= 15 is 0 Å². The van der Waals surface area contributed by atoms with Gasteiger partial charge in [-0.2, -0.15) is 15.8 Å². The van der Waals surface area contributed by atoms with Crippen molar-refractivity contribution in [3.05, 3.63) is 58.7 Å². The second-order valence-corrected chi connectivity index (χ2v) is 5.79. The van der Waals surface area contributed by atoms with Gasteiger partial charge in [0.2, 0.25) is 0 Å². The van der Waals surface area contributed by atoms with Crippen molar-refractivity contribution in [2.24, 2.45) is 0 Å². The lowest BCUT2D eigenvalue weighted by molar-refractivity contribution is 0.797. The Kier molecular flexibility index (Phi) is 4.15. The van der Waals surface area contributed by atoms with Crippen LogP contribution in [0.15, 0.2) is 36.4 Å². The van der Waals surface area contributed by atoms with Crippen molar-refractivity contribution >= 4 is 21.5 Å². The number of unbranched alkanes of at least 4 members (excludes halogenated alkanes) is 1. The van der Waals surface area contributed by atoms with E-state index in [9.17, 15) is 15.8 Å². The number of nitrogens with zero attached hydrogens (tertiary/aromatic N) is 3. The molecule has 3 aromatic carbocycles. The Morgan fingerprint density at radius 1 is 0.792 bits per heavy atom. The molecule has 0 aromatic heterocycles. The molecule has 0 aliphatic carbocycles. The largest absolute Gasteiger partial charge is 0.192 e. The summed E-state index contributed by atoms with van der Waals surface area (Å²) in [5.74, 6) is 0. The van der Waals surface area contributed by atoms with Gasteiger partial charge in [0.05, 0.1) is 16.7 Å². The fourth-order valence-electron chi connectivity index (χ4n) is 3.21. The van der Waals surface area contributed by atoms with E-state index in [0.717, 1.165) is 46.4 Å². The molecule has 0 bridgehead atoms. The maximum absolute atomic E-state index is 9.61. The van der Waals surface area contributed by atoms with Crippen LogP contribution in [0.4, 0.5) is 0 Å². The van der Waals surface area contributed by atoms with Gasteiger partial charge in [0.1, 0.15) is 18.2 Å². The maximum Gasteiger partial charge on any atom is 0.102 e. The summed E-state index contributed by atoms with van der Waals surface area (Å²) in [6, 6.07) is 18.3. The van der Waals surface area contributed by atoms with Gasteiger partial charge < -0.3 is 0 Å². The van der Waals surface area contributed by atoms with Gasteiger partial charge in [-0.15, -0.1) is 0 Å². The van der Waals surface area contributed by atoms with E-state index in [0.29, 0.717) is 11.1 Å². The number of aryl methyl sites for hydroxylation is 1. The fourth-order valence-corrected chi connectivity index (χ4v) is 3.21. The molecule has 0 aliphatic rings. The lowest BCUT2D eigenvalue weighted by Gasteiger charge is -2.13. The first-order valence-electron chi connectivity index (χ1n) is 7.96. The van der Waals surface area contributed by atoms with Gasteiger partial charge in [-0.1, -0.05) is 37.6 Å². The Labute approximate surface area is 141 Å². The van der Waals surface area contributed by atoms with E-state index in [1.807, 2.05) is 36.4 Å². The van der Waals surface area contributed by atoms with Crippen LogP contribution in [0.5, 0.6) is 0 Å². The van der Waals surface area contributed by atoms with Crippen LogP contribution < -0.4 is 0 Å². The number of nitriles is 3. The first-order valence-corrected chi connectivity index (χ1v) is 7.96. The van der Waals surface area contributed by atoms with E-state index in [1.165, 1.54) is 0 Å². The molecule has 0 radical (unpaired) electrons. The number of hydrogen-bond donors (Lipinski definition) is 0. The molecular weight excluding hydrogens is 294 g/mol. The lowest BCUT2D eigenvalue weighted by Crippen LogP contribution is -2.01. The number of hydrogen-bond acceptors (Lipinski definition) is 3. The minimum Gasteiger partial charge on any atom is -0.192 e. The van der Waals surface area contributed by atoms with Crippen LogP contribution in [-0.4, -0.2) is 0 Å². The van der Waals surface area contributed by atoms with Crippen LogP contribution in [0.25, 0.3) is 21.5 Å². The Morgan fingerprint density at radius 2 is 1.38 bits per heavy atom. The zero-order chi connectivity index (χ0) is 17.1. The van der Waals surface area contributed by atoms with E-state index < -0.39 is 0 Å². The Morgan fingerprint density at radius 3 is 1.92 bits per heavy atom. The van der Waals surface area contributed by atoms with Crippen LogP contribution in [0, 0.1) is 34.0 Å². The van der Waals surface area contributed by atoms with Gasteiger partial charge in [0, 0.05) is 5.39 Å². The number of rotatable bonds is 3. The van der Waals surface area contributed by atoms with Crippen molar-refractivity contribution in [3.63, 3.8) is 0 Å². The van der Waals surface area contributed by atoms with Crippen molar-refractivity contribution in [2.75, 3.05) is 0 Å². The van der Waals surface area contributed by atoms with Crippen LogP contribution in [0.3, 0.4) is 0 Å². The topological polar surface area (TPSA) is 71.4 Å². The highest BCUT2D eigenvalue weighted by Crippen LogP contribution is 2.34. The minimum absolute atomic E-state index is 0.203. The average molecular weight is 309 g/mol. The van der Waals surface area contributed by atoms with Gasteiger partial charge >= 0.3 is 0 Å². The Hall–Kier alpha value is -3.35. The quantitative estimate of drug-likeness (QED) is 0.642. The smallest absolute Gasteiger partial charge is 0.102 e. The highest BCUT2D eigenvalue weighted by molar-refractivity contribution is 6.04. The summed E-state index contributed by atoms with van der Waals surface area (Å²) in [5.41, 5.74) is 1.74. The van der Waals surface area contributed by atoms with Crippen LogP contribution in [0.1, 0.15) is 42.0 Å². The third-order valence-electron chi connectivity index (χ3n) is 4.40. The normalized spacial score (nSPS) is 10.2. The van der Waals surface area contributed by atoms with Gasteiger partial charge in [-0.3, -0.25) is 0 Å². The van der Waals surface area contributed by atoms with Gasteiger partial charge in [0.15, 0.2) is 0 Å². The van der Waals surface area contributed by atoms with Crippen molar-refractivity contribution in [1.29, 1.82) is 15.8 Å². The van der Waals surface area contributed by atoms with E-state index in [1.54, 1.807) is 0 Å². The summed E-state index contributed by atoms with van der Waals surface area (Å²) in [4.78, 5) is 0. The molecule has 0 atom stereocenters. The standard InChI is InChI=1S/C21H15N3/c1-2-3-8-16-17-9-14-6-4-5-7-15(14)10-18(17)20(12-23)21(13-24)19(16)11-22/h4-7,9-10H,2-3,8H2,1H3. The number of benzene rings is 3. The highest BCUT2D eigenvalue weighted by atomic mass is 14.3. The Bertz CT molecular complexity index is 1070.